The second kappa shape index (κ2) is 11.6. The third kappa shape index (κ3) is 8.55. The van der Waals surface area contributed by atoms with Gasteiger partial charge in [-0.1, -0.05) is 6.07 Å². The van der Waals surface area contributed by atoms with Crippen LogP contribution in [0.4, 0.5) is 26.3 Å². The number of imidazole rings is 1. The summed E-state index contributed by atoms with van der Waals surface area (Å²) in [6.45, 7) is 2.15. The quantitative estimate of drug-likeness (QED) is 0.380. The predicted octanol–water partition coefficient (Wildman–Crippen LogP) is 4.36. The number of piperidine rings is 1. The number of hydrogen-bond donors (Lipinski definition) is 4. The number of rotatable bonds is 2. The van der Waals surface area contributed by atoms with Crippen LogP contribution >= 0.6 is 0 Å². The first-order chi connectivity index (χ1) is 16.3. The largest absolute Gasteiger partial charge is 0.490 e. The fourth-order valence-corrected chi connectivity index (χ4v) is 3.03. The lowest BCUT2D eigenvalue weighted by Crippen LogP contribution is -2.28. The molecule has 35 heavy (non-hydrogen) atoms. The zero-order valence-electron chi connectivity index (χ0n) is 17.8. The molecular formula is C21H20F6N4O4. The third-order valence-electron chi connectivity index (χ3n) is 4.68. The molecule has 1 saturated heterocycles. The minimum absolute atomic E-state index is 0.510. The van der Waals surface area contributed by atoms with E-state index in [1.807, 2.05) is 24.5 Å². The number of aliphatic carboxylic acids is 2. The third-order valence-corrected chi connectivity index (χ3v) is 4.68. The Morgan fingerprint density at radius 2 is 1.49 bits per heavy atom. The van der Waals surface area contributed by atoms with Gasteiger partial charge in [0.25, 0.3) is 0 Å². The summed E-state index contributed by atoms with van der Waals surface area (Å²) in [6, 6.07) is 10.5. The number of hydrogen-bond acceptors (Lipinski definition) is 5. The van der Waals surface area contributed by atoms with Crippen LogP contribution in [0.25, 0.3) is 22.2 Å². The van der Waals surface area contributed by atoms with Crippen LogP contribution < -0.4 is 5.32 Å². The number of halogens is 6. The van der Waals surface area contributed by atoms with E-state index in [9.17, 15) is 26.3 Å². The number of nitrogens with zero attached hydrogens (tertiary/aromatic N) is 2. The number of fused-ring (bicyclic) bond motifs is 1. The van der Waals surface area contributed by atoms with Crippen molar-refractivity contribution < 1.29 is 46.1 Å². The molecule has 1 unspecified atom stereocenters. The summed E-state index contributed by atoms with van der Waals surface area (Å²) in [4.78, 5) is 30.1. The molecule has 0 saturated carbocycles. The van der Waals surface area contributed by atoms with Crippen molar-refractivity contribution in [2.75, 3.05) is 13.1 Å². The summed E-state index contributed by atoms with van der Waals surface area (Å²) in [6.07, 6.45) is -4.08. The lowest BCUT2D eigenvalue weighted by molar-refractivity contribution is -0.193. The number of nitrogens with one attached hydrogen (secondary N) is 2. The number of carbonyl (C=O) groups is 2. The van der Waals surface area contributed by atoms with Crippen molar-refractivity contribution in [1.29, 1.82) is 0 Å². The van der Waals surface area contributed by atoms with Gasteiger partial charge in [0.2, 0.25) is 0 Å². The predicted molar refractivity (Wildman–Crippen MR) is 112 cm³/mol. The molecule has 14 heteroatoms. The molecule has 3 heterocycles. The van der Waals surface area contributed by atoms with Gasteiger partial charge < -0.3 is 20.5 Å². The second-order valence-electron chi connectivity index (χ2n) is 7.24. The Labute approximate surface area is 194 Å². The highest BCUT2D eigenvalue weighted by atomic mass is 19.4. The summed E-state index contributed by atoms with van der Waals surface area (Å²) >= 11 is 0. The highest BCUT2D eigenvalue weighted by Crippen LogP contribution is 2.26. The van der Waals surface area contributed by atoms with Crippen LogP contribution in [-0.2, 0) is 9.59 Å². The second-order valence-corrected chi connectivity index (χ2v) is 7.24. The number of benzene rings is 1. The Morgan fingerprint density at radius 3 is 1.97 bits per heavy atom. The van der Waals surface area contributed by atoms with Crippen LogP contribution in [0.2, 0.25) is 0 Å². The Bertz CT molecular complexity index is 1100. The molecule has 3 aromatic rings. The van der Waals surface area contributed by atoms with Gasteiger partial charge in [0.05, 0.1) is 11.0 Å². The molecule has 4 rings (SSSR count). The van der Waals surface area contributed by atoms with Crippen molar-refractivity contribution >= 4 is 23.0 Å². The number of carboxylic acids is 2. The monoisotopic (exact) mass is 506 g/mol. The van der Waals surface area contributed by atoms with Crippen molar-refractivity contribution in [2.45, 2.75) is 31.1 Å². The number of aromatic nitrogens is 3. The maximum atomic E-state index is 10.6. The first-order valence-corrected chi connectivity index (χ1v) is 10.00. The molecule has 0 radical (unpaired) electrons. The minimum atomic E-state index is -5.08. The van der Waals surface area contributed by atoms with Crippen LogP contribution in [-0.4, -0.2) is 62.5 Å². The van der Waals surface area contributed by atoms with Crippen molar-refractivity contribution in [3.05, 3.63) is 48.5 Å². The van der Waals surface area contributed by atoms with Crippen LogP contribution in [0, 0.1) is 0 Å². The molecule has 0 spiro atoms. The lowest BCUT2D eigenvalue weighted by atomic mass is 9.99. The van der Waals surface area contributed by atoms with Crippen molar-refractivity contribution in [1.82, 2.24) is 20.3 Å². The topological polar surface area (TPSA) is 128 Å². The van der Waals surface area contributed by atoms with E-state index in [2.05, 4.69) is 33.5 Å². The smallest absolute Gasteiger partial charge is 0.475 e. The van der Waals surface area contributed by atoms with E-state index < -0.39 is 24.3 Å². The van der Waals surface area contributed by atoms with Gasteiger partial charge in [-0.3, -0.25) is 4.98 Å². The van der Waals surface area contributed by atoms with Gasteiger partial charge in [0, 0.05) is 24.9 Å². The fraction of sp³-hybridized carbons (Fsp3) is 0.333. The number of carboxylic acid groups (broad SMARTS) is 2. The van der Waals surface area contributed by atoms with Gasteiger partial charge in [0.15, 0.2) is 0 Å². The molecule has 190 valence electrons. The molecule has 0 aliphatic carbocycles. The zero-order valence-corrected chi connectivity index (χ0v) is 17.8. The van der Waals surface area contributed by atoms with E-state index in [0.717, 1.165) is 29.9 Å². The normalized spacial score (nSPS) is 15.9. The minimum Gasteiger partial charge on any atom is -0.475 e. The van der Waals surface area contributed by atoms with Gasteiger partial charge in [-0.25, -0.2) is 14.6 Å². The van der Waals surface area contributed by atoms with E-state index in [1.54, 1.807) is 0 Å². The van der Waals surface area contributed by atoms with E-state index in [0.29, 0.717) is 5.92 Å². The number of pyridine rings is 1. The SMILES string of the molecule is O=C(O)C(F)(F)F.O=C(O)C(F)(F)F.c1cc(-c2ccc3nc(C4CCCNC4)[nH]c3c2)ccn1. The molecular weight excluding hydrogens is 486 g/mol. The zero-order chi connectivity index (χ0) is 26.2. The van der Waals surface area contributed by atoms with Gasteiger partial charge in [0.1, 0.15) is 5.82 Å². The van der Waals surface area contributed by atoms with Gasteiger partial charge in [-0.2, -0.15) is 26.3 Å². The number of alkyl halides is 6. The first kappa shape index (κ1) is 27.6. The fourth-order valence-electron chi connectivity index (χ4n) is 3.03. The average molecular weight is 506 g/mol. The Hall–Kier alpha value is -3.68. The molecule has 2 aromatic heterocycles. The van der Waals surface area contributed by atoms with Crippen LogP contribution in [0.3, 0.4) is 0 Å². The maximum absolute atomic E-state index is 10.6. The average Bonchev–Trinajstić information content (AvgIpc) is 3.23. The molecule has 1 atom stereocenters. The summed E-state index contributed by atoms with van der Waals surface area (Å²) < 4.78 is 63.5. The highest BCUT2D eigenvalue weighted by Gasteiger charge is 2.38. The van der Waals surface area contributed by atoms with Gasteiger partial charge in [-0.05, 0) is 54.8 Å². The molecule has 0 bridgehead atoms. The molecule has 0 amide bonds. The Morgan fingerprint density at radius 1 is 0.914 bits per heavy atom. The van der Waals surface area contributed by atoms with Crippen molar-refractivity contribution in [2.24, 2.45) is 0 Å². The lowest BCUT2D eigenvalue weighted by Gasteiger charge is -2.20. The standard InChI is InChI=1S/C17H18N4.2C2HF3O2/c1-2-14(11-19-7-1)17-20-15-4-3-13(10-16(15)21-17)12-5-8-18-9-6-12;2*3-2(4,5)1(6)7/h3-6,8-10,14,19H,1-2,7,11H2,(H,20,21);2*(H,6,7). The van der Waals surface area contributed by atoms with E-state index in [1.165, 1.54) is 24.0 Å². The number of H-pyrrole nitrogens is 1. The Balaban J connectivity index is 0.000000257. The summed E-state index contributed by atoms with van der Waals surface area (Å²) in [7, 11) is 0. The van der Waals surface area contributed by atoms with Crippen LogP contribution in [0.15, 0.2) is 42.7 Å². The highest BCUT2D eigenvalue weighted by molar-refractivity contribution is 5.82. The summed E-state index contributed by atoms with van der Waals surface area (Å²) in [5.41, 5.74) is 4.54. The molecule has 4 N–H and O–H groups in total. The van der Waals surface area contributed by atoms with Crippen molar-refractivity contribution in [3.63, 3.8) is 0 Å². The number of aromatic amines is 1. The van der Waals surface area contributed by atoms with Gasteiger partial charge >= 0.3 is 24.3 Å². The first-order valence-electron chi connectivity index (χ1n) is 10.00. The molecule has 1 aromatic carbocycles. The van der Waals surface area contributed by atoms with E-state index in [-0.39, 0.29) is 0 Å². The van der Waals surface area contributed by atoms with Crippen molar-refractivity contribution in [3.8, 4) is 11.1 Å². The molecule has 1 aliphatic heterocycles. The van der Waals surface area contributed by atoms with Crippen LogP contribution in [0.1, 0.15) is 24.6 Å². The summed E-state index contributed by atoms with van der Waals surface area (Å²) in [5.74, 6) is -3.89. The Kier molecular flexibility index (Phi) is 9.17. The van der Waals surface area contributed by atoms with Crippen LogP contribution in [0.5, 0.6) is 0 Å². The van der Waals surface area contributed by atoms with Gasteiger partial charge in [-0.15, -0.1) is 0 Å². The molecule has 8 nitrogen and oxygen atoms in total. The van der Waals surface area contributed by atoms with E-state index >= 15 is 0 Å². The maximum Gasteiger partial charge on any atom is 0.490 e. The molecule has 1 fully saturated rings. The summed E-state index contributed by atoms with van der Waals surface area (Å²) in [5, 5.41) is 17.7. The molecule has 1 aliphatic rings. The van der Waals surface area contributed by atoms with E-state index in [4.69, 9.17) is 24.8 Å².